The molecule has 0 radical (unpaired) electrons. The number of hydrogen-bond acceptors (Lipinski definition) is 3. The van der Waals surface area contributed by atoms with Crippen molar-refractivity contribution in [1.29, 1.82) is 0 Å². The predicted octanol–water partition coefficient (Wildman–Crippen LogP) is 6.37. The summed E-state index contributed by atoms with van der Waals surface area (Å²) < 4.78 is -0.704. The summed E-state index contributed by atoms with van der Waals surface area (Å²) in [6.45, 7) is 0. The first-order chi connectivity index (χ1) is 12.0. The number of thioether (sulfide) groups is 1. The fraction of sp³-hybridized carbons (Fsp3) is 0.250. The Hall–Kier alpha value is -0.0700. The van der Waals surface area contributed by atoms with Crippen molar-refractivity contribution in [3.8, 4) is 17.4 Å². The summed E-state index contributed by atoms with van der Waals surface area (Å²) in [5, 5.41) is 21.6. The van der Waals surface area contributed by atoms with E-state index in [1.165, 1.54) is 4.57 Å². The van der Waals surface area contributed by atoms with Crippen LogP contribution in [0.25, 0.3) is 5.69 Å². The van der Waals surface area contributed by atoms with Crippen LogP contribution in [0.4, 0.5) is 0 Å². The van der Waals surface area contributed by atoms with E-state index in [2.05, 4.69) is 0 Å². The Labute approximate surface area is 183 Å². The number of aromatic hydroxyl groups is 2. The Bertz CT molecular complexity index is 934. The van der Waals surface area contributed by atoms with Crippen molar-refractivity contribution >= 4 is 81.4 Å². The van der Waals surface area contributed by atoms with E-state index in [9.17, 15) is 10.2 Å². The van der Waals surface area contributed by atoms with Gasteiger partial charge in [-0.15, -0.1) is 35.0 Å². The van der Waals surface area contributed by atoms with Crippen LogP contribution in [0.1, 0.15) is 11.1 Å². The third kappa shape index (κ3) is 1.87. The Morgan fingerprint density at radius 2 is 1.27 bits per heavy atom. The minimum atomic E-state index is -1.90. The molecule has 138 valence electrons. The first kappa shape index (κ1) is 19.3. The average molecular weight is 492 g/mol. The van der Waals surface area contributed by atoms with Crippen LogP contribution in [-0.4, -0.2) is 25.4 Å². The summed E-state index contributed by atoms with van der Waals surface area (Å²) in [5.74, 6) is -0.722. The van der Waals surface area contributed by atoms with Gasteiger partial charge in [-0.2, -0.15) is 0 Å². The van der Waals surface area contributed by atoms with Gasteiger partial charge < -0.3 is 10.2 Å². The van der Waals surface area contributed by atoms with Gasteiger partial charge in [0.2, 0.25) is 11.8 Å². The Morgan fingerprint density at radius 1 is 0.846 bits per heavy atom. The van der Waals surface area contributed by atoms with Crippen LogP contribution >= 0.6 is 81.4 Å². The highest BCUT2D eigenvalue weighted by atomic mass is 35.5. The maximum absolute atomic E-state index is 10.9. The second-order valence-electron chi connectivity index (χ2n) is 5.95. The van der Waals surface area contributed by atoms with E-state index in [1.54, 1.807) is 23.9 Å². The van der Waals surface area contributed by atoms with Crippen LogP contribution < -0.4 is 0 Å². The number of aromatic nitrogens is 1. The average Bonchev–Trinajstić information content (AvgIpc) is 3.00. The zero-order chi connectivity index (χ0) is 19.2. The molecule has 0 unspecified atom stereocenters. The normalized spacial score (nSPS) is 28.7. The van der Waals surface area contributed by atoms with E-state index in [-0.39, 0.29) is 33.0 Å². The summed E-state index contributed by atoms with van der Waals surface area (Å²) in [6, 6.07) is 7.15. The molecule has 2 aliphatic carbocycles. The van der Waals surface area contributed by atoms with Crippen LogP contribution in [0.3, 0.4) is 0 Å². The predicted molar refractivity (Wildman–Crippen MR) is 109 cm³/mol. The number of nitrogens with zero attached hydrogens (tertiary/aromatic N) is 1. The molecule has 0 saturated heterocycles. The fourth-order valence-corrected chi connectivity index (χ4v) is 6.61. The fourth-order valence-electron chi connectivity index (χ4n) is 3.52. The quantitative estimate of drug-likeness (QED) is 0.379. The molecule has 2 N–H and O–H groups in total. The Kier molecular flexibility index (Phi) is 4.24. The van der Waals surface area contributed by atoms with Crippen molar-refractivity contribution in [2.24, 2.45) is 0 Å². The number of benzene rings is 1. The SMILES string of the molecule is CSc1ccc(-n2c(O)c3c(c2O)[C@@]2(Cl)C(Cl)=C(Cl)[C@]3(Cl)C2(Cl)Cl)cc1. The van der Waals surface area contributed by atoms with Crippen molar-refractivity contribution in [2.75, 3.05) is 6.26 Å². The van der Waals surface area contributed by atoms with Gasteiger partial charge in [-0.05, 0) is 30.5 Å². The number of halogens is 6. The highest BCUT2D eigenvalue weighted by Crippen LogP contribution is 2.80. The molecule has 1 aromatic heterocycles. The van der Waals surface area contributed by atoms with E-state index in [0.29, 0.717) is 5.69 Å². The molecule has 0 saturated carbocycles. The molecule has 0 aliphatic heterocycles. The molecule has 2 aromatic rings. The largest absolute Gasteiger partial charge is 0.494 e. The number of fused-ring (bicyclic) bond motifs is 5. The lowest BCUT2D eigenvalue weighted by atomic mass is 10.00. The van der Waals surface area contributed by atoms with Crippen LogP contribution in [0.2, 0.25) is 0 Å². The number of hydrogen-bond donors (Lipinski definition) is 2. The Balaban J connectivity index is 2.03. The van der Waals surface area contributed by atoms with Crippen molar-refractivity contribution in [3.63, 3.8) is 0 Å². The van der Waals surface area contributed by atoms with E-state index < -0.39 is 14.1 Å². The van der Waals surface area contributed by atoms with Gasteiger partial charge in [-0.25, -0.2) is 0 Å². The van der Waals surface area contributed by atoms with Crippen LogP contribution in [0.15, 0.2) is 39.2 Å². The summed E-state index contributed by atoms with van der Waals surface area (Å²) in [4.78, 5) is -2.57. The maximum Gasteiger partial charge on any atom is 0.204 e. The zero-order valence-corrected chi connectivity index (χ0v) is 18.2. The lowest BCUT2D eigenvalue weighted by Crippen LogP contribution is -2.40. The van der Waals surface area contributed by atoms with Gasteiger partial charge in [0.15, 0.2) is 4.33 Å². The van der Waals surface area contributed by atoms with Gasteiger partial charge in [0.1, 0.15) is 9.75 Å². The molecule has 26 heavy (non-hydrogen) atoms. The van der Waals surface area contributed by atoms with E-state index in [4.69, 9.17) is 69.6 Å². The highest BCUT2D eigenvalue weighted by molar-refractivity contribution is 7.98. The summed E-state index contributed by atoms with van der Waals surface area (Å²) >= 11 is 40.4. The smallest absolute Gasteiger partial charge is 0.204 e. The standard InChI is InChI=1S/C16H9Cl6NO2S/c1-26-7-4-2-6(3-5-7)23-12(24)8-9(13(23)25)15(20)11(18)10(17)14(8,19)16(15,21)22/h2-5,24-25H,1H3/t14-,15+. The van der Waals surface area contributed by atoms with Crippen molar-refractivity contribution in [1.82, 2.24) is 4.57 Å². The van der Waals surface area contributed by atoms with Gasteiger partial charge in [0.05, 0.1) is 26.9 Å². The van der Waals surface area contributed by atoms with Gasteiger partial charge in [0.25, 0.3) is 0 Å². The van der Waals surface area contributed by atoms with Crippen molar-refractivity contribution in [2.45, 2.75) is 19.0 Å². The number of rotatable bonds is 2. The van der Waals surface area contributed by atoms with Crippen LogP contribution in [0.5, 0.6) is 11.8 Å². The minimum Gasteiger partial charge on any atom is -0.494 e. The third-order valence-corrected chi connectivity index (χ3v) is 9.63. The molecule has 0 amide bonds. The maximum atomic E-state index is 10.9. The number of allylic oxidation sites excluding steroid dienone is 2. The van der Waals surface area contributed by atoms with E-state index in [1.807, 2.05) is 18.4 Å². The lowest BCUT2D eigenvalue weighted by Gasteiger charge is -2.32. The second kappa shape index (κ2) is 5.73. The molecule has 0 spiro atoms. The first-order valence-electron chi connectivity index (χ1n) is 7.19. The molecule has 4 rings (SSSR count). The number of alkyl halides is 4. The van der Waals surface area contributed by atoms with E-state index in [0.717, 1.165) is 4.90 Å². The molecule has 1 heterocycles. The topological polar surface area (TPSA) is 45.4 Å². The third-order valence-electron chi connectivity index (χ3n) is 4.80. The molecule has 0 fully saturated rings. The van der Waals surface area contributed by atoms with Crippen molar-refractivity contribution < 1.29 is 10.2 Å². The van der Waals surface area contributed by atoms with E-state index >= 15 is 0 Å². The molecule has 3 nitrogen and oxygen atoms in total. The molecular formula is C16H9Cl6NO2S. The van der Waals surface area contributed by atoms with Crippen molar-refractivity contribution in [3.05, 3.63) is 45.5 Å². The molecule has 1 aromatic carbocycles. The summed E-state index contributed by atoms with van der Waals surface area (Å²) in [6.07, 6.45) is 1.94. The van der Waals surface area contributed by atoms with Crippen LogP contribution in [0, 0.1) is 0 Å². The summed E-state index contributed by atoms with van der Waals surface area (Å²) in [5.41, 5.74) is 0.578. The molecule has 10 heteroatoms. The molecular weight excluding hydrogens is 483 g/mol. The molecule has 2 aliphatic rings. The molecule has 2 bridgehead atoms. The van der Waals surface area contributed by atoms with Gasteiger partial charge in [-0.1, -0.05) is 46.4 Å². The monoisotopic (exact) mass is 489 g/mol. The minimum absolute atomic E-state index is 0.0417. The summed E-state index contributed by atoms with van der Waals surface area (Å²) in [7, 11) is 0. The van der Waals surface area contributed by atoms with Crippen LogP contribution in [-0.2, 0) is 9.75 Å². The van der Waals surface area contributed by atoms with Gasteiger partial charge in [0, 0.05) is 4.90 Å². The Morgan fingerprint density at radius 3 is 1.65 bits per heavy atom. The second-order valence-corrected chi connectivity index (χ2v) is 10.0. The lowest BCUT2D eigenvalue weighted by molar-refractivity contribution is 0.390. The first-order valence-corrected chi connectivity index (χ1v) is 10.7. The highest BCUT2D eigenvalue weighted by Gasteiger charge is 2.80. The van der Waals surface area contributed by atoms with Gasteiger partial charge >= 0.3 is 0 Å². The van der Waals surface area contributed by atoms with Gasteiger partial charge in [-0.3, -0.25) is 4.57 Å². The zero-order valence-electron chi connectivity index (χ0n) is 12.8. The molecule has 2 atom stereocenters.